The van der Waals surface area contributed by atoms with Gasteiger partial charge in [-0.15, -0.1) is 0 Å². The second-order valence-electron chi connectivity index (χ2n) is 6.45. The molecule has 1 atom stereocenters. The van der Waals surface area contributed by atoms with Gasteiger partial charge in [-0.25, -0.2) is 8.42 Å². The number of piperazine rings is 1. The Bertz CT molecular complexity index is 709. The van der Waals surface area contributed by atoms with Crippen LogP contribution in [0.4, 0.5) is 0 Å². The fraction of sp³-hybridized carbons (Fsp3) is 0.647. The van der Waals surface area contributed by atoms with Gasteiger partial charge in [-0.2, -0.15) is 4.31 Å². The molecule has 0 aromatic heterocycles. The lowest BCUT2D eigenvalue weighted by atomic mass is 10.2. The van der Waals surface area contributed by atoms with E-state index in [0.717, 1.165) is 32.6 Å². The van der Waals surface area contributed by atoms with E-state index in [-0.39, 0.29) is 22.4 Å². The molecule has 2 aliphatic rings. The largest absolute Gasteiger partial charge is 0.496 e. The number of nitrogens with one attached hydrogen (secondary N) is 1. The highest BCUT2D eigenvalue weighted by Gasteiger charge is 2.38. The standard InChI is InChI=1S/C17H27N3O5S/c1-23-14-10-15(24-2)17(16(11-14)25-3)26(21,22)20-7-4-13(12-20)19-8-5-18-6-9-19/h10-11,13,18H,4-9,12H2,1-3H3. The van der Waals surface area contributed by atoms with Gasteiger partial charge in [-0.1, -0.05) is 0 Å². The summed E-state index contributed by atoms with van der Waals surface area (Å²) in [5.74, 6) is 0.941. The molecular weight excluding hydrogens is 358 g/mol. The van der Waals surface area contributed by atoms with Gasteiger partial charge >= 0.3 is 0 Å². The minimum absolute atomic E-state index is 0.0595. The van der Waals surface area contributed by atoms with Gasteiger partial charge < -0.3 is 19.5 Å². The summed E-state index contributed by atoms with van der Waals surface area (Å²) >= 11 is 0. The summed E-state index contributed by atoms with van der Waals surface area (Å²) in [7, 11) is 0.670. The third kappa shape index (κ3) is 3.62. The second kappa shape index (κ2) is 7.99. The number of hydrogen-bond acceptors (Lipinski definition) is 7. The van der Waals surface area contributed by atoms with Gasteiger partial charge in [0.15, 0.2) is 4.90 Å². The quantitative estimate of drug-likeness (QED) is 0.758. The summed E-state index contributed by atoms with van der Waals surface area (Å²) in [5, 5.41) is 3.33. The van der Waals surface area contributed by atoms with E-state index in [1.165, 1.54) is 25.6 Å². The first-order valence-electron chi connectivity index (χ1n) is 8.76. The first-order valence-corrected chi connectivity index (χ1v) is 10.2. The third-order valence-electron chi connectivity index (χ3n) is 5.06. The zero-order valence-corrected chi connectivity index (χ0v) is 16.3. The molecule has 2 heterocycles. The first kappa shape index (κ1) is 19.2. The predicted molar refractivity (Wildman–Crippen MR) is 97.7 cm³/mol. The van der Waals surface area contributed by atoms with Gasteiger partial charge in [0.25, 0.3) is 10.0 Å². The summed E-state index contributed by atoms with van der Waals surface area (Å²) in [6.07, 6.45) is 0.833. The Balaban J connectivity index is 1.88. The van der Waals surface area contributed by atoms with Crippen LogP contribution >= 0.6 is 0 Å². The van der Waals surface area contributed by atoms with Gasteiger partial charge in [-0.05, 0) is 6.42 Å². The Kier molecular flexibility index (Phi) is 5.91. The molecule has 8 nitrogen and oxygen atoms in total. The monoisotopic (exact) mass is 385 g/mol. The Hall–Kier alpha value is -1.55. The van der Waals surface area contributed by atoms with Gasteiger partial charge in [0.05, 0.1) is 21.3 Å². The van der Waals surface area contributed by atoms with E-state index < -0.39 is 10.0 Å². The minimum atomic E-state index is -3.74. The van der Waals surface area contributed by atoms with Crippen LogP contribution in [0.3, 0.4) is 0 Å². The predicted octanol–water partition coefficient (Wildman–Crippen LogP) is 0.381. The molecule has 146 valence electrons. The number of hydrogen-bond donors (Lipinski definition) is 1. The maximum absolute atomic E-state index is 13.3. The fourth-order valence-electron chi connectivity index (χ4n) is 3.63. The number of ether oxygens (including phenoxy) is 3. The van der Waals surface area contributed by atoms with Crippen LogP contribution in [0.2, 0.25) is 0 Å². The van der Waals surface area contributed by atoms with Crippen LogP contribution in [0.1, 0.15) is 6.42 Å². The normalized spacial score (nSPS) is 22.3. The summed E-state index contributed by atoms with van der Waals surface area (Å²) in [5.41, 5.74) is 0. The van der Waals surface area contributed by atoms with E-state index in [9.17, 15) is 8.42 Å². The van der Waals surface area contributed by atoms with Crippen molar-refractivity contribution in [1.82, 2.24) is 14.5 Å². The van der Waals surface area contributed by atoms with Gasteiger partial charge in [-0.3, -0.25) is 4.90 Å². The topological polar surface area (TPSA) is 80.3 Å². The average molecular weight is 385 g/mol. The van der Waals surface area contributed by atoms with E-state index in [1.54, 1.807) is 12.1 Å². The van der Waals surface area contributed by atoms with Crippen molar-refractivity contribution in [2.45, 2.75) is 17.4 Å². The van der Waals surface area contributed by atoms with Crippen molar-refractivity contribution in [3.8, 4) is 17.2 Å². The number of rotatable bonds is 6. The average Bonchev–Trinajstić information content (AvgIpc) is 3.18. The molecular formula is C17H27N3O5S. The van der Waals surface area contributed by atoms with Crippen molar-refractivity contribution < 1.29 is 22.6 Å². The maximum atomic E-state index is 13.3. The summed E-state index contributed by atoms with van der Waals surface area (Å²) in [4.78, 5) is 2.43. The maximum Gasteiger partial charge on any atom is 0.250 e. The van der Waals surface area contributed by atoms with Gasteiger partial charge in [0, 0.05) is 57.4 Å². The molecule has 1 aromatic carbocycles. The van der Waals surface area contributed by atoms with Crippen LogP contribution in [-0.4, -0.2) is 84.3 Å². The highest BCUT2D eigenvalue weighted by atomic mass is 32.2. The minimum Gasteiger partial charge on any atom is -0.496 e. The van der Waals surface area contributed by atoms with Crippen LogP contribution in [0, 0.1) is 0 Å². The molecule has 1 N–H and O–H groups in total. The first-order chi connectivity index (χ1) is 12.5. The molecule has 0 amide bonds. The Morgan fingerprint density at radius 1 is 1.00 bits per heavy atom. The SMILES string of the molecule is COc1cc(OC)c(S(=O)(=O)N2CCC(N3CCNCC3)C2)c(OC)c1. The Labute approximate surface area is 155 Å². The van der Waals surface area contributed by atoms with Crippen LogP contribution in [0.15, 0.2) is 17.0 Å². The van der Waals surface area contributed by atoms with E-state index in [0.29, 0.717) is 18.8 Å². The lowest BCUT2D eigenvalue weighted by molar-refractivity contribution is 0.179. The summed E-state index contributed by atoms with van der Waals surface area (Å²) in [6.45, 7) is 4.78. The fourth-order valence-corrected chi connectivity index (χ4v) is 5.40. The van der Waals surface area contributed by atoms with E-state index in [2.05, 4.69) is 10.2 Å². The van der Waals surface area contributed by atoms with Crippen LogP contribution in [0.5, 0.6) is 17.2 Å². The van der Waals surface area contributed by atoms with Crippen molar-refractivity contribution in [2.24, 2.45) is 0 Å². The zero-order valence-electron chi connectivity index (χ0n) is 15.5. The molecule has 0 radical (unpaired) electrons. The van der Waals surface area contributed by atoms with E-state index in [4.69, 9.17) is 14.2 Å². The molecule has 3 rings (SSSR count). The number of benzene rings is 1. The molecule has 1 unspecified atom stereocenters. The van der Waals surface area contributed by atoms with Crippen LogP contribution in [0.25, 0.3) is 0 Å². The molecule has 0 saturated carbocycles. The zero-order chi connectivity index (χ0) is 18.7. The molecule has 9 heteroatoms. The second-order valence-corrected chi connectivity index (χ2v) is 8.33. The molecule has 2 aliphatic heterocycles. The lowest BCUT2D eigenvalue weighted by Crippen LogP contribution is -2.49. The molecule has 0 bridgehead atoms. The van der Waals surface area contributed by atoms with E-state index in [1.807, 2.05) is 0 Å². The number of sulfonamides is 1. The van der Waals surface area contributed by atoms with Crippen molar-refractivity contribution in [2.75, 3.05) is 60.6 Å². The van der Waals surface area contributed by atoms with Gasteiger partial charge in [0.2, 0.25) is 0 Å². The Morgan fingerprint density at radius 3 is 2.15 bits per heavy atom. The molecule has 2 saturated heterocycles. The van der Waals surface area contributed by atoms with Crippen LogP contribution < -0.4 is 19.5 Å². The van der Waals surface area contributed by atoms with Crippen molar-refractivity contribution in [1.29, 1.82) is 0 Å². The number of methoxy groups -OCH3 is 3. The van der Waals surface area contributed by atoms with E-state index >= 15 is 0 Å². The summed E-state index contributed by atoms with van der Waals surface area (Å²) < 4.78 is 44.0. The molecule has 26 heavy (non-hydrogen) atoms. The lowest BCUT2D eigenvalue weighted by Gasteiger charge is -2.32. The van der Waals surface area contributed by atoms with Crippen molar-refractivity contribution in [3.63, 3.8) is 0 Å². The highest BCUT2D eigenvalue weighted by Crippen LogP contribution is 2.40. The molecule has 0 aliphatic carbocycles. The molecule has 0 spiro atoms. The molecule has 2 fully saturated rings. The smallest absolute Gasteiger partial charge is 0.250 e. The van der Waals surface area contributed by atoms with Crippen molar-refractivity contribution in [3.05, 3.63) is 12.1 Å². The highest BCUT2D eigenvalue weighted by molar-refractivity contribution is 7.89. The number of nitrogens with zero attached hydrogens (tertiary/aromatic N) is 2. The summed E-state index contributed by atoms with van der Waals surface area (Å²) in [6, 6.07) is 3.39. The molecule has 1 aromatic rings. The van der Waals surface area contributed by atoms with Crippen molar-refractivity contribution >= 4 is 10.0 Å². The van der Waals surface area contributed by atoms with Crippen LogP contribution in [-0.2, 0) is 10.0 Å². The van der Waals surface area contributed by atoms with Gasteiger partial charge in [0.1, 0.15) is 17.2 Å². The Morgan fingerprint density at radius 2 is 1.62 bits per heavy atom. The third-order valence-corrected chi connectivity index (χ3v) is 6.99.